The molecule has 3 aromatic rings. The Morgan fingerprint density at radius 1 is 1.14 bits per heavy atom. The molecule has 21 heavy (non-hydrogen) atoms. The van der Waals surface area contributed by atoms with Crippen molar-refractivity contribution in [3.8, 4) is 22.4 Å². The Morgan fingerprint density at radius 3 is 2.52 bits per heavy atom. The molecule has 2 N–H and O–H groups in total. The fourth-order valence-corrected chi connectivity index (χ4v) is 2.52. The molecular weight excluding hydrogens is 291 g/mol. The number of hydrogen-bond acceptors (Lipinski definition) is 3. The van der Waals surface area contributed by atoms with E-state index in [0.29, 0.717) is 16.3 Å². The van der Waals surface area contributed by atoms with Crippen LogP contribution in [0.3, 0.4) is 0 Å². The van der Waals surface area contributed by atoms with E-state index >= 15 is 0 Å². The lowest BCUT2D eigenvalue weighted by molar-refractivity contribution is 0.439. The lowest BCUT2D eigenvalue weighted by Gasteiger charge is -2.05. The summed E-state index contributed by atoms with van der Waals surface area (Å²) in [4.78, 5) is 0. The van der Waals surface area contributed by atoms with Crippen LogP contribution in [-0.2, 0) is 0 Å². The van der Waals surface area contributed by atoms with Crippen LogP contribution in [0.2, 0.25) is 5.02 Å². The Kier molecular flexibility index (Phi) is 3.39. The molecule has 2 aromatic carbocycles. The van der Waals surface area contributed by atoms with E-state index in [1.54, 1.807) is 12.1 Å². The van der Waals surface area contributed by atoms with Gasteiger partial charge >= 0.3 is 0 Å². The van der Waals surface area contributed by atoms with E-state index in [4.69, 9.17) is 21.9 Å². The topological polar surface area (TPSA) is 52.0 Å². The molecule has 0 atom stereocenters. The third-order valence-electron chi connectivity index (χ3n) is 3.23. The molecular formula is C16H12ClFN2O. The van der Waals surface area contributed by atoms with E-state index in [2.05, 4.69) is 5.16 Å². The van der Waals surface area contributed by atoms with Crippen LogP contribution in [-0.4, -0.2) is 5.16 Å². The fourth-order valence-electron chi connectivity index (χ4n) is 2.19. The van der Waals surface area contributed by atoms with Crippen LogP contribution in [0.25, 0.3) is 22.4 Å². The van der Waals surface area contributed by atoms with Crippen LogP contribution < -0.4 is 5.73 Å². The fraction of sp³-hybridized carbons (Fsp3) is 0.0625. The van der Waals surface area contributed by atoms with Gasteiger partial charge in [-0.2, -0.15) is 0 Å². The average Bonchev–Trinajstić information content (AvgIpc) is 2.82. The number of rotatable bonds is 2. The van der Waals surface area contributed by atoms with Gasteiger partial charge in [-0.1, -0.05) is 41.0 Å². The van der Waals surface area contributed by atoms with Crippen LogP contribution in [0.5, 0.6) is 0 Å². The van der Waals surface area contributed by atoms with Crippen LogP contribution in [0.1, 0.15) is 5.56 Å². The number of halogens is 2. The van der Waals surface area contributed by atoms with Gasteiger partial charge in [0.15, 0.2) is 0 Å². The van der Waals surface area contributed by atoms with Crippen molar-refractivity contribution in [2.24, 2.45) is 0 Å². The van der Waals surface area contributed by atoms with Crippen molar-refractivity contribution >= 4 is 17.5 Å². The minimum atomic E-state index is -0.316. The first-order chi connectivity index (χ1) is 10.1. The van der Waals surface area contributed by atoms with Gasteiger partial charge in [0, 0.05) is 5.56 Å². The molecule has 0 spiro atoms. The van der Waals surface area contributed by atoms with Gasteiger partial charge in [-0.15, -0.1) is 0 Å². The first-order valence-corrected chi connectivity index (χ1v) is 6.71. The lowest BCUT2D eigenvalue weighted by atomic mass is 10.00. The van der Waals surface area contributed by atoms with E-state index in [1.807, 2.05) is 25.1 Å². The summed E-state index contributed by atoms with van der Waals surface area (Å²) in [5.41, 5.74) is 9.51. The molecule has 0 saturated heterocycles. The second kappa shape index (κ2) is 5.22. The highest BCUT2D eigenvalue weighted by molar-refractivity contribution is 6.33. The van der Waals surface area contributed by atoms with Gasteiger partial charge in [-0.3, -0.25) is 0 Å². The van der Waals surface area contributed by atoms with E-state index in [1.165, 1.54) is 12.1 Å². The maximum absolute atomic E-state index is 13.1. The number of aryl methyl sites for hydroxylation is 1. The molecule has 0 aliphatic heterocycles. The predicted molar refractivity (Wildman–Crippen MR) is 81.5 cm³/mol. The maximum Gasteiger partial charge on any atom is 0.230 e. The summed E-state index contributed by atoms with van der Waals surface area (Å²) >= 11 is 6.28. The van der Waals surface area contributed by atoms with Crippen molar-refractivity contribution in [1.29, 1.82) is 0 Å². The van der Waals surface area contributed by atoms with Crippen LogP contribution in [0, 0.1) is 12.7 Å². The maximum atomic E-state index is 13.1. The normalized spacial score (nSPS) is 10.8. The molecule has 0 saturated carbocycles. The Hall–Kier alpha value is -2.33. The monoisotopic (exact) mass is 302 g/mol. The number of hydrogen-bond donors (Lipinski definition) is 1. The first-order valence-electron chi connectivity index (χ1n) is 6.34. The van der Waals surface area contributed by atoms with Gasteiger partial charge in [0.1, 0.15) is 11.5 Å². The van der Waals surface area contributed by atoms with Gasteiger partial charge in [-0.05, 0) is 36.2 Å². The number of benzene rings is 2. The van der Waals surface area contributed by atoms with E-state index in [-0.39, 0.29) is 11.7 Å². The minimum absolute atomic E-state index is 0.174. The number of nitrogen functional groups attached to an aromatic ring is 1. The zero-order chi connectivity index (χ0) is 15.0. The molecule has 1 heterocycles. The molecule has 0 radical (unpaired) electrons. The minimum Gasteiger partial charge on any atom is -0.367 e. The Morgan fingerprint density at radius 2 is 1.86 bits per heavy atom. The molecule has 0 aliphatic rings. The van der Waals surface area contributed by atoms with Crippen LogP contribution in [0.15, 0.2) is 47.0 Å². The summed E-state index contributed by atoms with van der Waals surface area (Å²) in [6.45, 7) is 1.95. The Balaban J connectivity index is 2.19. The van der Waals surface area contributed by atoms with Crippen molar-refractivity contribution in [3.05, 3.63) is 58.9 Å². The summed E-state index contributed by atoms with van der Waals surface area (Å²) in [7, 11) is 0. The Labute approximate surface area is 126 Å². The molecule has 1 aromatic heterocycles. The molecule has 106 valence electrons. The quantitative estimate of drug-likeness (QED) is 0.747. The van der Waals surface area contributed by atoms with Gasteiger partial charge in [0.2, 0.25) is 5.88 Å². The lowest BCUT2D eigenvalue weighted by Crippen LogP contribution is -1.89. The second-order valence-corrected chi connectivity index (χ2v) is 5.17. The smallest absolute Gasteiger partial charge is 0.230 e. The number of anilines is 1. The summed E-state index contributed by atoms with van der Waals surface area (Å²) in [6, 6.07) is 11.6. The average molecular weight is 303 g/mol. The summed E-state index contributed by atoms with van der Waals surface area (Å²) < 4.78 is 18.2. The van der Waals surface area contributed by atoms with Crippen molar-refractivity contribution in [1.82, 2.24) is 5.16 Å². The van der Waals surface area contributed by atoms with Crippen molar-refractivity contribution in [3.63, 3.8) is 0 Å². The zero-order valence-electron chi connectivity index (χ0n) is 11.2. The highest BCUT2D eigenvalue weighted by Crippen LogP contribution is 2.39. The standard InChI is InChI=1S/C16H12ClFN2O/c1-9-2-7-12(13(17)8-9)15-14(16(19)21-20-15)10-3-5-11(18)6-4-10/h2-8H,19H2,1H3. The second-order valence-electron chi connectivity index (χ2n) is 4.76. The van der Waals surface area contributed by atoms with Gasteiger partial charge in [0.25, 0.3) is 0 Å². The Bertz CT molecular complexity index is 797. The summed E-state index contributed by atoms with van der Waals surface area (Å²) in [5, 5.41) is 4.56. The summed E-state index contributed by atoms with van der Waals surface area (Å²) in [5.74, 6) is -0.142. The third-order valence-corrected chi connectivity index (χ3v) is 3.54. The van der Waals surface area contributed by atoms with Crippen molar-refractivity contribution < 1.29 is 8.91 Å². The number of nitrogens with two attached hydrogens (primary N) is 1. The van der Waals surface area contributed by atoms with Crippen LogP contribution >= 0.6 is 11.6 Å². The molecule has 3 nitrogen and oxygen atoms in total. The number of aromatic nitrogens is 1. The molecule has 0 aliphatic carbocycles. The van der Waals surface area contributed by atoms with Gasteiger partial charge in [-0.25, -0.2) is 4.39 Å². The largest absolute Gasteiger partial charge is 0.367 e. The third kappa shape index (κ3) is 2.50. The molecule has 0 bridgehead atoms. The molecule has 0 fully saturated rings. The predicted octanol–water partition coefficient (Wildman–Crippen LogP) is 4.69. The first kappa shape index (κ1) is 13.6. The number of nitrogens with zero attached hydrogens (tertiary/aromatic N) is 1. The molecule has 3 rings (SSSR count). The molecule has 5 heteroatoms. The highest BCUT2D eigenvalue weighted by Gasteiger charge is 2.19. The van der Waals surface area contributed by atoms with E-state index in [0.717, 1.165) is 16.7 Å². The SMILES string of the molecule is Cc1ccc(-c2noc(N)c2-c2ccc(F)cc2)c(Cl)c1. The van der Waals surface area contributed by atoms with E-state index in [9.17, 15) is 4.39 Å². The highest BCUT2D eigenvalue weighted by atomic mass is 35.5. The zero-order valence-corrected chi connectivity index (χ0v) is 12.0. The molecule has 0 amide bonds. The van der Waals surface area contributed by atoms with E-state index < -0.39 is 0 Å². The van der Waals surface area contributed by atoms with Gasteiger partial charge in [0.05, 0.1) is 10.6 Å². The van der Waals surface area contributed by atoms with Crippen molar-refractivity contribution in [2.75, 3.05) is 5.73 Å². The van der Waals surface area contributed by atoms with Crippen LogP contribution in [0.4, 0.5) is 10.3 Å². The summed E-state index contributed by atoms with van der Waals surface area (Å²) in [6.07, 6.45) is 0. The van der Waals surface area contributed by atoms with Crippen molar-refractivity contribution in [2.45, 2.75) is 6.92 Å². The molecule has 0 unspecified atom stereocenters. The van der Waals surface area contributed by atoms with Gasteiger partial charge < -0.3 is 10.3 Å².